The van der Waals surface area contributed by atoms with Crippen LogP contribution in [0.2, 0.25) is 0 Å². The Morgan fingerprint density at radius 2 is 1.89 bits per heavy atom. The van der Waals surface area contributed by atoms with E-state index in [-0.39, 0.29) is 10.8 Å². The van der Waals surface area contributed by atoms with Crippen molar-refractivity contribution in [1.82, 2.24) is 4.90 Å². The monoisotopic (exact) mass is 408 g/mol. The smallest absolute Gasteiger partial charge is 0.225 e. The van der Waals surface area contributed by atoms with Gasteiger partial charge in [0.2, 0.25) is 5.91 Å². The molecule has 28 heavy (non-hydrogen) atoms. The average Bonchev–Trinajstić information content (AvgIpc) is 2.63. The van der Waals surface area contributed by atoms with Crippen molar-refractivity contribution in [3.05, 3.63) is 54.3 Å². The van der Waals surface area contributed by atoms with Crippen molar-refractivity contribution in [2.45, 2.75) is 17.7 Å². The Labute approximate surface area is 165 Å². The largest absolute Gasteiger partial charge is 0.494 e. The van der Waals surface area contributed by atoms with Crippen LogP contribution >= 0.6 is 0 Å². The summed E-state index contributed by atoms with van der Waals surface area (Å²) in [5.74, 6) is -0.0525. The minimum absolute atomic E-state index is 0.175. The van der Waals surface area contributed by atoms with Gasteiger partial charge in [0.05, 0.1) is 11.5 Å². The first-order valence-electron chi connectivity index (χ1n) is 8.91. The molecule has 0 saturated heterocycles. The summed E-state index contributed by atoms with van der Waals surface area (Å²) >= 11 is 0. The molecule has 0 saturated carbocycles. The maximum atomic E-state index is 13.1. The summed E-state index contributed by atoms with van der Waals surface area (Å²) in [4.78, 5) is 14.2. The summed E-state index contributed by atoms with van der Waals surface area (Å²) in [6, 6.07) is 12.2. The fraction of sp³-hybridized carbons (Fsp3) is 0.350. The molecular weight excluding hydrogens is 383 g/mol. The topological polar surface area (TPSA) is 75.7 Å². The zero-order valence-electron chi connectivity index (χ0n) is 16.0. The molecule has 2 rings (SSSR count). The van der Waals surface area contributed by atoms with Gasteiger partial charge in [0.15, 0.2) is 9.84 Å². The van der Waals surface area contributed by atoms with E-state index in [1.807, 2.05) is 11.9 Å². The maximum Gasteiger partial charge on any atom is 0.225 e. The molecule has 0 spiro atoms. The molecule has 0 heterocycles. The number of ether oxygens (including phenoxy) is 1. The molecule has 2 aromatic carbocycles. The lowest BCUT2D eigenvalue weighted by atomic mass is 10.3. The first-order chi connectivity index (χ1) is 13.2. The highest BCUT2D eigenvalue weighted by atomic mass is 32.2. The standard InChI is InChI=1S/C20H25FN2O4S/c1-23(12-10-20(24)22-17-7-3-6-16(21)14-17)11-5-13-27-18-8-4-9-19(15-18)28(2,25)26/h3-4,6-9,14-15H,5,10-13H2,1-2H3,(H,22,24). The zero-order valence-corrected chi connectivity index (χ0v) is 16.8. The number of rotatable bonds is 10. The normalized spacial score (nSPS) is 11.4. The van der Waals surface area contributed by atoms with E-state index in [0.29, 0.717) is 31.0 Å². The molecule has 1 N–H and O–H groups in total. The molecule has 0 aliphatic heterocycles. The van der Waals surface area contributed by atoms with Crippen LogP contribution in [0.3, 0.4) is 0 Å². The molecule has 8 heteroatoms. The van der Waals surface area contributed by atoms with Crippen molar-refractivity contribution in [2.24, 2.45) is 0 Å². The van der Waals surface area contributed by atoms with Gasteiger partial charge in [0.1, 0.15) is 11.6 Å². The van der Waals surface area contributed by atoms with Gasteiger partial charge in [-0.05, 0) is 49.9 Å². The number of carbonyl (C=O) groups excluding carboxylic acids is 1. The number of anilines is 1. The molecule has 0 bridgehead atoms. The van der Waals surface area contributed by atoms with Crippen molar-refractivity contribution in [3.63, 3.8) is 0 Å². The molecule has 1 amide bonds. The molecule has 0 atom stereocenters. The van der Waals surface area contributed by atoms with Gasteiger partial charge >= 0.3 is 0 Å². The summed E-state index contributed by atoms with van der Waals surface area (Å²) in [7, 11) is -1.35. The van der Waals surface area contributed by atoms with Crippen LogP contribution in [0.1, 0.15) is 12.8 Å². The number of carbonyl (C=O) groups is 1. The number of halogens is 1. The Hall–Kier alpha value is -2.45. The number of hydrogen-bond donors (Lipinski definition) is 1. The molecule has 0 unspecified atom stereocenters. The highest BCUT2D eigenvalue weighted by molar-refractivity contribution is 7.90. The second-order valence-corrected chi connectivity index (χ2v) is 8.58. The van der Waals surface area contributed by atoms with Gasteiger partial charge in [-0.15, -0.1) is 0 Å². The average molecular weight is 408 g/mol. The van der Waals surface area contributed by atoms with E-state index in [1.54, 1.807) is 24.3 Å². The number of amides is 1. The van der Waals surface area contributed by atoms with E-state index in [4.69, 9.17) is 4.74 Å². The van der Waals surface area contributed by atoms with Crippen LogP contribution in [0.4, 0.5) is 10.1 Å². The van der Waals surface area contributed by atoms with Crippen molar-refractivity contribution < 1.29 is 22.3 Å². The van der Waals surface area contributed by atoms with Gasteiger partial charge in [-0.3, -0.25) is 4.79 Å². The van der Waals surface area contributed by atoms with Crippen LogP contribution in [0.25, 0.3) is 0 Å². The third-order valence-corrected chi connectivity index (χ3v) is 5.13. The summed E-state index contributed by atoms with van der Waals surface area (Å²) < 4.78 is 41.8. The van der Waals surface area contributed by atoms with Crippen molar-refractivity contribution >= 4 is 21.4 Å². The highest BCUT2D eigenvalue weighted by Gasteiger charge is 2.08. The third kappa shape index (κ3) is 7.66. The molecule has 0 fully saturated rings. The summed E-state index contributed by atoms with van der Waals surface area (Å²) in [6.07, 6.45) is 2.18. The van der Waals surface area contributed by atoms with E-state index in [0.717, 1.165) is 19.2 Å². The first-order valence-corrected chi connectivity index (χ1v) is 10.8. The Morgan fingerprint density at radius 1 is 1.14 bits per heavy atom. The van der Waals surface area contributed by atoms with E-state index >= 15 is 0 Å². The number of hydrogen-bond acceptors (Lipinski definition) is 5. The maximum absolute atomic E-state index is 13.1. The van der Waals surface area contributed by atoms with Gasteiger partial charge in [0, 0.05) is 31.5 Å². The highest BCUT2D eigenvalue weighted by Crippen LogP contribution is 2.17. The lowest BCUT2D eigenvalue weighted by Crippen LogP contribution is -2.26. The van der Waals surface area contributed by atoms with Gasteiger partial charge < -0.3 is 15.0 Å². The Kier molecular flexibility index (Phi) is 7.95. The summed E-state index contributed by atoms with van der Waals surface area (Å²) in [6.45, 7) is 1.72. The van der Waals surface area contributed by atoms with Gasteiger partial charge in [0.25, 0.3) is 0 Å². The fourth-order valence-electron chi connectivity index (χ4n) is 2.51. The van der Waals surface area contributed by atoms with Gasteiger partial charge in [-0.25, -0.2) is 12.8 Å². The summed E-state index contributed by atoms with van der Waals surface area (Å²) in [5.41, 5.74) is 0.442. The van der Waals surface area contributed by atoms with Crippen LogP contribution in [0.15, 0.2) is 53.4 Å². The quantitative estimate of drug-likeness (QED) is 0.612. The lowest BCUT2D eigenvalue weighted by molar-refractivity contribution is -0.116. The van der Waals surface area contributed by atoms with E-state index < -0.39 is 15.7 Å². The fourth-order valence-corrected chi connectivity index (χ4v) is 3.17. The van der Waals surface area contributed by atoms with Crippen LogP contribution < -0.4 is 10.1 Å². The van der Waals surface area contributed by atoms with E-state index in [2.05, 4.69) is 5.32 Å². The molecule has 0 aromatic heterocycles. The molecular formula is C20H25FN2O4S. The van der Waals surface area contributed by atoms with Crippen molar-refractivity contribution in [1.29, 1.82) is 0 Å². The molecule has 0 aliphatic rings. The Bertz CT molecular complexity index is 903. The van der Waals surface area contributed by atoms with E-state index in [1.165, 1.54) is 24.3 Å². The number of nitrogens with zero attached hydrogens (tertiary/aromatic N) is 1. The Morgan fingerprint density at radius 3 is 2.61 bits per heavy atom. The molecule has 152 valence electrons. The second kappa shape index (κ2) is 10.2. The predicted molar refractivity (Wildman–Crippen MR) is 107 cm³/mol. The van der Waals surface area contributed by atoms with Crippen LogP contribution in [-0.2, 0) is 14.6 Å². The van der Waals surface area contributed by atoms with Crippen molar-refractivity contribution in [2.75, 3.05) is 38.3 Å². The Balaban J connectivity index is 1.66. The minimum atomic E-state index is -3.26. The zero-order chi connectivity index (χ0) is 20.6. The predicted octanol–water partition coefficient (Wildman–Crippen LogP) is 2.96. The number of nitrogens with one attached hydrogen (secondary N) is 1. The first kappa shape index (κ1) is 21.8. The van der Waals surface area contributed by atoms with Crippen LogP contribution in [0.5, 0.6) is 5.75 Å². The number of benzene rings is 2. The molecule has 6 nitrogen and oxygen atoms in total. The van der Waals surface area contributed by atoms with E-state index in [9.17, 15) is 17.6 Å². The van der Waals surface area contributed by atoms with Gasteiger partial charge in [-0.2, -0.15) is 0 Å². The second-order valence-electron chi connectivity index (χ2n) is 6.56. The van der Waals surface area contributed by atoms with Crippen LogP contribution in [-0.4, -0.2) is 52.2 Å². The lowest BCUT2D eigenvalue weighted by Gasteiger charge is -2.16. The third-order valence-electron chi connectivity index (χ3n) is 4.02. The minimum Gasteiger partial charge on any atom is -0.494 e. The number of sulfone groups is 1. The molecule has 0 radical (unpaired) electrons. The van der Waals surface area contributed by atoms with Crippen LogP contribution in [0, 0.1) is 5.82 Å². The SMILES string of the molecule is CN(CCCOc1cccc(S(C)(=O)=O)c1)CCC(=O)Nc1cccc(F)c1. The van der Waals surface area contributed by atoms with Crippen molar-refractivity contribution in [3.8, 4) is 5.75 Å². The molecule has 2 aromatic rings. The summed E-state index contributed by atoms with van der Waals surface area (Å²) in [5, 5.41) is 2.66. The van der Waals surface area contributed by atoms with Gasteiger partial charge in [-0.1, -0.05) is 12.1 Å². The molecule has 0 aliphatic carbocycles.